The first-order valence-electron chi connectivity index (χ1n) is 7.84. The van der Waals surface area contributed by atoms with Gasteiger partial charge in [0.25, 0.3) is 5.91 Å². The summed E-state index contributed by atoms with van der Waals surface area (Å²) in [5.41, 5.74) is 2.14. The van der Waals surface area contributed by atoms with E-state index >= 15 is 0 Å². The average Bonchev–Trinajstić information content (AvgIpc) is 2.90. The second-order valence-corrected chi connectivity index (χ2v) is 6.74. The minimum atomic E-state index is -0.549. The normalized spacial score (nSPS) is 17.5. The molecule has 0 spiro atoms. The third-order valence-corrected chi connectivity index (χ3v) is 3.78. The number of nitrogens with one attached hydrogen (secondary N) is 1. The Hall–Kier alpha value is -1.89. The molecule has 1 aromatic heterocycles. The van der Waals surface area contributed by atoms with Crippen LogP contribution in [0.3, 0.4) is 0 Å². The smallest absolute Gasteiger partial charge is 0.332 e. The number of fused-ring (bicyclic) bond motifs is 1. The Morgan fingerprint density at radius 2 is 2.13 bits per heavy atom. The van der Waals surface area contributed by atoms with Gasteiger partial charge in [0.15, 0.2) is 6.61 Å². The SMILES string of the molecule is COCC(=O)OCC(=O)N[C@@H]1CCCc2c1cnn2C(C)(C)C. The number of rotatable bonds is 5. The standard InChI is InChI=1S/C16H25N3O4/c1-16(2,3)19-13-7-5-6-12(11(13)8-17-19)18-14(20)9-23-15(21)10-22-4/h8,12H,5-7,9-10H2,1-4H3,(H,18,20)/t12-/m1/s1. The summed E-state index contributed by atoms with van der Waals surface area (Å²) >= 11 is 0. The molecule has 1 aliphatic rings. The van der Waals surface area contributed by atoms with E-state index < -0.39 is 5.97 Å². The third-order valence-electron chi connectivity index (χ3n) is 3.78. The molecule has 0 aromatic carbocycles. The van der Waals surface area contributed by atoms with E-state index in [-0.39, 0.29) is 30.7 Å². The first-order chi connectivity index (χ1) is 10.8. The molecule has 1 N–H and O–H groups in total. The topological polar surface area (TPSA) is 82.4 Å². The fourth-order valence-electron chi connectivity index (χ4n) is 2.83. The Morgan fingerprint density at radius 3 is 2.78 bits per heavy atom. The number of hydrogen-bond acceptors (Lipinski definition) is 5. The highest BCUT2D eigenvalue weighted by Gasteiger charge is 2.29. The van der Waals surface area contributed by atoms with Crippen LogP contribution in [-0.2, 0) is 31.0 Å². The lowest BCUT2D eigenvalue weighted by molar-refractivity contribution is -0.152. The molecule has 0 fully saturated rings. The van der Waals surface area contributed by atoms with Crippen LogP contribution in [0.25, 0.3) is 0 Å². The molecule has 2 rings (SSSR count). The van der Waals surface area contributed by atoms with Crippen molar-refractivity contribution in [2.24, 2.45) is 0 Å². The van der Waals surface area contributed by atoms with Gasteiger partial charge in [0.1, 0.15) is 6.61 Å². The van der Waals surface area contributed by atoms with Gasteiger partial charge in [0, 0.05) is 18.4 Å². The lowest BCUT2D eigenvalue weighted by atomic mass is 9.92. The Morgan fingerprint density at radius 1 is 1.39 bits per heavy atom. The predicted octanol–water partition coefficient (Wildman–Crippen LogP) is 1.32. The van der Waals surface area contributed by atoms with Crippen molar-refractivity contribution in [1.82, 2.24) is 15.1 Å². The van der Waals surface area contributed by atoms with Gasteiger partial charge in [0.05, 0.1) is 17.8 Å². The molecule has 7 nitrogen and oxygen atoms in total. The fourth-order valence-corrected chi connectivity index (χ4v) is 2.83. The summed E-state index contributed by atoms with van der Waals surface area (Å²) in [4.78, 5) is 23.2. The van der Waals surface area contributed by atoms with Crippen LogP contribution in [-0.4, -0.2) is 42.0 Å². The second kappa shape index (κ2) is 7.12. The molecule has 1 amide bonds. The van der Waals surface area contributed by atoms with Gasteiger partial charge in [-0.25, -0.2) is 4.79 Å². The van der Waals surface area contributed by atoms with Crippen molar-refractivity contribution in [2.45, 2.75) is 51.6 Å². The minimum absolute atomic E-state index is 0.0801. The number of carbonyl (C=O) groups is 2. The van der Waals surface area contributed by atoms with Gasteiger partial charge < -0.3 is 14.8 Å². The van der Waals surface area contributed by atoms with Gasteiger partial charge >= 0.3 is 5.97 Å². The van der Waals surface area contributed by atoms with Crippen molar-refractivity contribution < 1.29 is 19.1 Å². The molecule has 23 heavy (non-hydrogen) atoms. The third kappa shape index (κ3) is 4.31. The van der Waals surface area contributed by atoms with E-state index in [0.717, 1.165) is 24.8 Å². The Kier molecular flexibility index (Phi) is 5.41. The minimum Gasteiger partial charge on any atom is -0.454 e. The van der Waals surface area contributed by atoms with Crippen LogP contribution in [0.15, 0.2) is 6.20 Å². The summed E-state index contributed by atoms with van der Waals surface area (Å²) in [6.07, 6.45) is 4.65. The number of ether oxygens (including phenoxy) is 2. The van der Waals surface area contributed by atoms with Crippen LogP contribution in [0.1, 0.15) is 50.9 Å². The first kappa shape index (κ1) is 17.5. The largest absolute Gasteiger partial charge is 0.454 e. The molecule has 0 unspecified atom stereocenters. The molecule has 1 atom stereocenters. The fraction of sp³-hybridized carbons (Fsp3) is 0.688. The van der Waals surface area contributed by atoms with Gasteiger partial charge in [-0.05, 0) is 40.0 Å². The van der Waals surface area contributed by atoms with Crippen LogP contribution < -0.4 is 5.32 Å². The summed E-state index contributed by atoms with van der Waals surface area (Å²) in [6, 6.07) is -0.0801. The second-order valence-electron chi connectivity index (χ2n) is 6.74. The molecular weight excluding hydrogens is 298 g/mol. The zero-order chi connectivity index (χ0) is 17.0. The van der Waals surface area contributed by atoms with Gasteiger partial charge in [-0.3, -0.25) is 9.48 Å². The van der Waals surface area contributed by atoms with Crippen LogP contribution in [0, 0.1) is 0 Å². The molecule has 0 radical (unpaired) electrons. The highest BCUT2D eigenvalue weighted by molar-refractivity contribution is 5.81. The summed E-state index contributed by atoms with van der Waals surface area (Å²) < 4.78 is 11.5. The molecule has 7 heteroatoms. The lowest BCUT2D eigenvalue weighted by Crippen LogP contribution is -2.35. The van der Waals surface area contributed by atoms with Gasteiger partial charge in [-0.1, -0.05) is 0 Å². The van der Waals surface area contributed by atoms with Gasteiger partial charge in [-0.15, -0.1) is 0 Å². The highest BCUT2D eigenvalue weighted by Crippen LogP contribution is 2.32. The summed E-state index contributed by atoms with van der Waals surface area (Å²) in [6.45, 7) is 5.88. The van der Waals surface area contributed by atoms with E-state index in [0.29, 0.717) is 0 Å². The molecule has 1 heterocycles. The zero-order valence-electron chi connectivity index (χ0n) is 14.2. The summed E-state index contributed by atoms with van der Waals surface area (Å²) in [5, 5.41) is 7.42. The van der Waals surface area contributed by atoms with Gasteiger partial charge in [0.2, 0.25) is 0 Å². The van der Waals surface area contributed by atoms with Crippen molar-refractivity contribution in [3.05, 3.63) is 17.5 Å². The van der Waals surface area contributed by atoms with E-state index in [1.807, 2.05) is 10.9 Å². The number of hydrogen-bond donors (Lipinski definition) is 1. The van der Waals surface area contributed by atoms with Crippen LogP contribution >= 0.6 is 0 Å². The molecule has 0 saturated carbocycles. The van der Waals surface area contributed by atoms with E-state index in [2.05, 4.69) is 35.9 Å². The molecule has 0 aliphatic heterocycles. The summed E-state index contributed by atoms with van der Waals surface area (Å²) in [7, 11) is 1.40. The van der Waals surface area contributed by atoms with Crippen molar-refractivity contribution in [3.63, 3.8) is 0 Å². The van der Waals surface area contributed by atoms with Crippen molar-refractivity contribution in [1.29, 1.82) is 0 Å². The predicted molar refractivity (Wildman–Crippen MR) is 83.9 cm³/mol. The lowest BCUT2D eigenvalue weighted by Gasteiger charge is -2.28. The highest BCUT2D eigenvalue weighted by atomic mass is 16.6. The monoisotopic (exact) mass is 323 g/mol. The Balaban J connectivity index is 2.00. The number of esters is 1. The van der Waals surface area contributed by atoms with E-state index in [9.17, 15) is 9.59 Å². The quantitative estimate of drug-likeness (QED) is 0.827. The van der Waals surface area contributed by atoms with Crippen molar-refractivity contribution in [2.75, 3.05) is 20.3 Å². The molecule has 0 bridgehead atoms. The molecule has 1 aliphatic carbocycles. The number of amides is 1. The maximum atomic E-state index is 12.0. The van der Waals surface area contributed by atoms with E-state index in [1.165, 1.54) is 12.8 Å². The van der Waals surface area contributed by atoms with E-state index in [1.54, 1.807) is 0 Å². The van der Waals surface area contributed by atoms with E-state index in [4.69, 9.17) is 4.74 Å². The molecule has 1 aromatic rings. The number of aromatic nitrogens is 2. The Labute approximate surface area is 136 Å². The van der Waals surface area contributed by atoms with Gasteiger partial charge in [-0.2, -0.15) is 5.10 Å². The molecule has 128 valence electrons. The van der Waals surface area contributed by atoms with Crippen LogP contribution in [0.4, 0.5) is 0 Å². The zero-order valence-corrected chi connectivity index (χ0v) is 14.2. The van der Waals surface area contributed by atoms with Crippen LogP contribution in [0.5, 0.6) is 0 Å². The number of methoxy groups -OCH3 is 1. The maximum absolute atomic E-state index is 12.0. The summed E-state index contributed by atoms with van der Waals surface area (Å²) in [5.74, 6) is -0.858. The maximum Gasteiger partial charge on any atom is 0.332 e. The van der Waals surface area contributed by atoms with Crippen LogP contribution in [0.2, 0.25) is 0 Å². The average molecular weight is 323 g/mol. The number of carbonyl (C=O) groups excluding carboxylic acids is 2. The number of nitrogens with zero attached hydrogens (tertiary/aromatic N) is 2. The molecular formula is C16H25N3O4. The first-order valence-corrected chi connectivity index (χ1v) is 7.84. The molecule has 0 saturated heterocycles. The van der Waals surface area contributed by atoms with Crippen molar-refractivity contribution >= 4 is 11.9 Å². The van der Waals surface area contributed by atoms with Crippen molar-refractivity contribution in [3.8, 4) is 0 Å². The Bertz CT molecular complexity index is 574.